The van der Waals surface area contributed by atoms with E-state index in [4.69, 9.17) is 4.74 Å². The van der Waals surface area contributed by atoms with Gasteiger partial charge in [-0.15, -0.1) is 0 Å². The van der Waals surface area contributed by atoms with Gasteiger partial charge in [-0.1, -0.05) is 30.3 Å². The molecular weight excluding hydrogens is 298 g/mol. The summed E-state index contributed by atoms with van der Waals surface area (Å²) in [4.78, 5) is 14.7. The van der Waals surface area contributed by atoms with Crippen molar-refractivity contribution >= 4 is 5.78 Å². The predicted octanol–water partition coefficient (Wildman–Crippen LogP) is 4.15. The fourth-order valence-electron chi connectivity index (χ4n) is 3.40. The fraction of sp³-hybridized carbons (Fsp3) is 0.381. The summed E-state index contributed by atoms with van der Waals surface area (Å²) in [7, 11) is 1.63. The third-order valence-electron chi connectivity index (χ3n) is 4.93. The third kappa shape index (κ3) is 4.24. The van der Waals surface area contributed by atoms with Crippen LogP contribution in [0.4, 0.5) is 0 Å². The third-order valence-corrected chi connectivity index (χ3v) is 4.93. The van der Waals surface area contributed by atoms with Crippen LogP contribution in [-0.2, 0) is 0 Å². The van der Waals surface area contributed by atoms with Crippen LogP contribution in [0.3, 0.4) is 0 Å². The van der Waals surface area contributed by atoms with Gasteiger partial charge in [-0.3, -0.25) is 4.79 Å². The van der Waals surface area contributed by atoms with E-state index in [1.807, 2.05) is 24.3 Å². The Hall–Kier alpha value is -2.13. The van der Waals surface area contributed by atoms with Gasteiger partial charge in [-0.05, 0) is 61.7 Å². The molecule has 0 atom stereocenters. The number of Topliss-reactive ketones (excluding diaryl/α,β-unsaturated/α-hetero) is 1. The molecule has 0 radical (unpaired) electrons. The van der Waals surface area contributed by atoms with Gasteiger partial charge in [0.25, 0.3) is 0 Å². The lowest BCUT2D eigenvalue weighted by atomic mass is 9.89. The normalized spacial score (nSPS) is 16.0. The number of likely N-dealkylation sites (tertiary alicyclic amines) is 1. The van der Waals surface area contributed by atoms with E-state index in [1.165, 1.54) is 18.4 Å². The van der Waals surface area contributed by atoms with Crippen LogP contribution in [-0.4, -0.2) is 37.4 Å². The zero-order valence-electron chi connectivity index (χ0n) is 14.3. The van der Waals surface area contributed by atoms with Crippen molar-refractivity contribution in [2.45, 2.75) is 25.2 Å². The number of carbonyl (C=O) groups excluding carboxylic acids is 1. The summed E-state index contributed by atoms with van der Waals surface area (Å²) in [5.41, 5.74) is 2.22. The molecule has 1 saturated heterocycles. The maximum absolute atomic E-state index is 12.3. The van der Waals surface area contributed by atoms with Gasteiger partial charge in [0.1, 0.15) is 5.75 Å². The lowest BCUT2D eigenvalue weighted by Crippen LogP contribution is -2.34. The van der Waals surface area contributed by atoms with Crippen molar-refractivity contribution in [3.05, 3.63) is 65.7 Å². The quantitative estimate of drug-likeness (QED) is 0.748. The first-order valence-corrected chi connectivity index (χ1v) is 8.71. The molecule has 0 aliphatic carbocycles. The van der Waals surface area contributed by atoms with E-state index in [1.54, 1.807) is 7.11 Å². The molecule has 0 saturated carbocycles. The van der Waals surface area contributed by atoms with Crippen molar-refractivity contribution in [1.82, 2.24) is 4.90 Å². The molecule has 2 aromatic rings. The minimum absolute atomic E-state index is 0.211. The Bertz CT molecular complexity index is 643. The number of benzene rings is 2. The van der Waals surface area contributed by atoms with Crippen LogP contribution >= 0.6 is 0 Å². The maximum atomic E-state index is 12.3. The van der Waals surface area contributed by atoms with Gasteiger partial charge in [0.2, 0.25) is 0 Å². The molecule has 0 N–H and O–H groups in total. The van der Waals surface area contributed by atoms with Crippen LogP contribution in [0.1, 0.15) is 41.1 Å². The number of nitrogens with zero attached hydrogens (tertiary/aromatic N) is 1. The first-order valence-electron chi connectivity index (χ1n) is 8.71. The van der Waals surface area contributed by atoms with Crippen LogP contribution in [0.25, 0.3) is 0 Å². The molecule has 1 heterocycles. The number of ketones is 1. The molecule has 1 aliphatic rings. The van der Waals surface area contributed by atoms with Crippen LogP contribution in [0.5, 0.6) is 5.75 Å². The lowest BCUT2D eigenvalue weighted by Gasteiger charge is -2.32. The Labute approximate surface area is 144 Å². The Morgan fingerprint density at radius 2 is 1.71 bits per heavy atom. The first kappa shape index (κ1) is 16.7. The smallest absolute Gasteiger partial charge is 0.164 e. The van der Waals surface area contributed by atoms with Crippen molar-refractivity contribution in [2.75, 3.05) is 26.7 Å². The van der Waals surface area contributed by atoms with Crippen molar-refractivity contribution in [2.24, 2.45) is 0 Å². The topological polar surface area (TPSA) is 29.5 Å². The van der Waals surface area contributed by atoms with Gasteiger partial charge in [-0.25, -0.2) is 0 Å². The van der Waals surface area contributed by atoms with Crippen molar-refractivity contribution in [3.63, 3.8) is 0 Å². The second kappa shape index (κ2) is 8.11. The fourth-order valence-corrected chi connectivity index (χ4v) is 3.40. The molecule has 0 aromatic heterocycles. The van der Waals surface area contributed by atoms with E-state index in [2.05, 4.69) is 35.2 Å². The molecule has 0 amide bonds. The molecule has 24 heavy (non-hydrogen) atoms. The Morgan fingerprint density at radius 3 is 2.33 bits per heavy atom. The number of methoxy groups -OCH3 is 1. The van der Waals surface area contributed by atoms with Gasteiger partial charge in [0, 0.05) is 18.5 Å². The van der Waals surface area contributed by atoms with E-state index in [0.717, 1.165) is 30.9 Å². The van der Waals surface area contributed by atoms with Crippen LogP contribution in [0, 0.1) is 0 Å². The Kier molecular flexibility index (Phi) is 5.65. The number of piperidine rings is 1. The zero-order valence-corrected chi connectivity index (χ0v) is 14.3. The summed E-state index contributed by atoms with van der Waals surface area (Å²) >= 11 is 0. The molecule has 0 unspecified atom stereocenters. The summed E-state index contributed by atoms with van der Waals surface area (Å²) < 4.78 is 5.13. The number of rotatable bonds is 6. The summed E-state index contributed by atoms with van der Waals surface area (Å²) in [6, 6.07) is 18.2. The van der Waals surface area contributed by atoms with E-state index in [9.17, 15) is 4.79 Å². The van der Waals surface area contributed by atoms with Crippen molar-refractivity contribution < 1.29 is 9.53 Å². The second-order valence-electron chi connectivity index (χ2n) is 6.43. The first-order chi connectivity index (χ1) is 11.8. The molecule has 3 rings (SSSR count). The van der Waals surface area contributed by atoms with Gasteiger partial charge >= 0.3 is 0 Å². The number of hydrogen-bond acceptors (Lipinski definition) is 3. The Balaban J connectivity index is 1.45. The molecule has 2 aromatic carbocycles. The molecule has 3 heteroatoms. The molecule has 0 spiro atoms. The minimum Gasteiger partial charge on any atom is -0.497 e. The summed E-state index contributed by atoms with van der Waals surface area (Å²) in [5, 5.41) is 0. The highest BCUT2D eigenvalue weighted by molar-refractivity contribution is 5.96. The standard InChI is InChI=1S/C21H25NO2/c1-24-20-9-7-19(8-10-20)21(23)13-16-22-14-11-18(12-15-22)17-5-3-2-4-6-17/h2-10,18H,11-16H2,1H3. The average molecular weight is 323 g/mol. The molecule has 1 fully saturated rings. The number of carbonyl (C=O) groups is 1. The molecular formula is C21H25NO2. The molecule has 126 valence electrons. The van der Waals surface area contributed by atoms with E-state index >= 15 is 0 Å². The highest BCUT2D eigenvalue weighted by Crippen LogP contribution is 2.27. The Morgan fingerprint density at radius 1 is 1.04 bits per heavy atom. The van der Waals surface area contributed by atoms with Crippen LogP contribution in [0.2, 0.25) is 0 Å². The van der Waals surface area contributed by atoms with E-state index in [0.29, 0.717) is 12.3 Å². The average Bonchev–Trinajstić information content (AvgIpc) is 2.67. The highest BCUT2D eigenvalue weighted by atomic mass is 16.5. The van der Waals surface area contributed by atoms with Crippen molar-refractivity contribution in [1.29, 1.82) is 0 Å². The predicted molar refractivity (Wildman–Crippen MR) is 96.8 cm³/mol. The van der Waals surface area contributed by atoms with Gasteiger partial charge < -0.3 is 9.64 Å². The van der Waals surface area contributed by atoms with Gasteiger partial charge in [0.15, 0.2) is 5.78 Å². The number of ether oxygens (including phenoxy) is 1. The van der Waals surface area contributed by atoms with Crippen LogP contribution in [0.15, 0.2) is 54.6 Å². The largest absolute Gasteiger partial charge is 0.497 e. The minimum atomic E-state index is 0.211. The maximum Gasteiger partial charge on any atom is 0.164 e. The van der Waals surface area contributed by atoms with E-state index in [-0.39, 0.29) is 5.78 Å². The second-order valence-corrected chi connectivity index (χ2v) is 6.43. The van der Waals surface area contributed by atoms with Crippen LogP contribution < -0.4 is 4.74 Å². The van der Waals surface area contributed by atoms with Gasteiger partial charge in [0.05, 0.1) is 7.11 Å². The molecule has 1 aliphatic heterocycles. The van der Waals surface area contributed by atoms with Gasteiger partial charge in [-0.2, -0.15) is 0 Å². The zero-order chi connectivity index (χ0) is 16.8. The number of hydrogen-bond donors (Lipinski definition) is 0. The monoisotopic (exact) mass is 323 g/mol. The molecule has 3 nitrogen and oxygen atoms in total. The summed E-state index contributed by atoms with van der Waals surface area (Å²) in [6.45, 7) is 3.01. The molecule has 0 bridgehead atoms. The van der Waals surface area contributed by atoms with E-state index < -0.39 is 0 Å². The summed E-state index contributed by atoms with van der Waals surface area (Å²) in [6.07, 6.45) is 2.95. The lowest BCUT2D eigenvalue weighted by molar-refractivity contribution is 0.0956. The highest BCUT2D eigenvalue weighted by Gasteiger charge is 2.20. The SMILES string of the molecule is COc1ccc(C(=O)CCN2CCC(c3ccccc3)CC2)cc1. The van der Waals surface area contributed by atoms with Crippen molar-refractivity contribution in [3.8, 4) is 5.75 Å². The summed E-state index contributed by atoms with van der Waals surface area (Å²) in [5.74, 6) is 1.66.